The highest BCUT2D eigenvalue weighted by Crippen LogP contribution is 2.30. The number of fused-ring (bicyclic) bond motifs is 2. The fourth-order valence-corrected chi connectivity index (χ4v) is 3.88. The third-order valence-corrected chi connectivity index (χ3v) is 5.45. The molecule has 0 aliphatic heterocycles. The van der Waals surface area contributed by atoms with Crippen LogP contribution in [0.3, 0.4) is 0 Å². The molecular formula is C20H17N7S. The number of aryl methyl sites for hydroxylation is 2. The summed E-state index contributed by atoms with van der Waals surface area (Å²) in [5.41, 5.74) is 4.74. The zero-order valence-electron chi connectivity index (χ0n) is 15.4. The van der Waals surface area contributed by atoms with Crippen LogP contribution in [-0.2, 0) is 6.54 Å². The minimum atomic E-state index is 0.741. The van der Waals surface area contributed by atoms with Gasteiger partial charge in [-0.05, 0) is 62.0 Å². The third kappa shape index (κ3) is 3.01. The molecule has 1 aromatic carbocycles. The highest BCUT2D eigenvalue weighted by Gasteiger charge is 2.10. The van der Waals surface area contributed by atoms with Gasteiger partial charge in [0.1, 0.15) is 0 Å². The van der Waals surface area contributed by atoms with Crippen LogP contribution >= 0.6 is 11.8 Å². The SMILES string of the molecule is CCn1cc(-c2cnc3ccc(Sc4nnc5ccc(C)nn45)cc3c2)cn1. The van der Waals surface area contributed by atoms with E-state index in [1.54, 1.807) is 4.52 Å². The number of nitrogens with zero attached hydrogens (tertiary/aromatic N) is 7. The van der Waals surface area contributed by atoms with Gasteiger partial charge in [-0.2, -0.15) is 14.7 Å². The topological polar surface area (TPSA) is 73.8 Å². The lowest BCUT2D eigenvalue weighted by Crippen LogP contribution is -1.95. The van der Waals surface area contributed by atoms with Crippen molar-refractivity contribution in [3.63, 3.8) is 0 Å². The van der Waals surface area contributed by atoms with Crippen molar-refractivity contribution in [1.82, 2.24) is 34.6 Å². The molecule has 0 atom stereocenters. The first kappa shape index (κ1) is 16.9. The molecule has 0 N–H and O–H groups in total. The molecule has 0 aliphatic rings. The van der Waals surface area contributed by atoms with Gasteiger partial charge >= 0.3 is 0 Å². The smallest absolute Gasteiger partial charge is 0.217 e. The lowest BCUT2D eigenvalue weighted by molar-refractivity contribution is 0.660. The summed E-state index contributed by atoms with van der Waals surface area (Å²) in [6.45, 7) is 4.88. The van der Waals surface area contributed by atoms with Gasteiger partial charge in [-0.15, -0.1) is 10.2 Å². The van der Waals surface area contributed by atoms with Gasteiger partial charge in [0.2, 0.25) is 5.16 Å². The van der Waals surface area contributed by atoms with Crippen LogP contribution in [0.1, 0.15) is 12.6 Å². The predicted molar refractivity (Wildman–Crippen MR) is 108 cm³/mol. The molecule has 8 heteroatoms. The Hall–Kier alpha value is -3.26. The molecule has 28 heavy (non-hydrogen) atoms. The van der Waals surface area contributed by atoms with E-state index in [0.717, 1.165) is 50.0 Å². The predicted octanol–water partition coefficient (Wildman–Crippen LogP) is 4.02. The second-order valence-corrected chi connectivity index (χ2v) is 7.53. The maximum atomic E-state index is 4.60. The molecule has 4 aromatic heterocycles. The number of rotatable bonds is 4. The molecule has 138 valence electrons. The van der Waals surface area contributed by atoms with E-state index in [0.29, 0.717) is 0 Å². The largest absolute Gasteiger partial charge is 0.272 e. The summed E-state index contributed by atoms with van der Waals surface area (Å²) in [6, 6.07) is 12.2. The Morgan fingerprint density at radius 1 is 1.00 bits per heavy atom. The van der Waals surface area contributed by atoms with Crippen LogP contribution in [0.25, 0.3) is 27.7 Å². The molecule has 5 rings (SSSR count). The molecule has 0 bridgehead atoms. The van der Waals surface area contributed by atoms with E-state index in [1.807, 2.05) is 54.5 Å². The lowest BCUT2D eigenvalue weighted by atomic mass is 10.1. The van der Waals surface area contributed by atoms with Crippen molar-refractivity contribution in [2.24, 2.45) is 0 Å². The van der Waals surface area contributed by atoms with E-state index in [9.17, 15) is 0 Å². The maximum Gasteiger partial charge on any atom is 0.217 e. The lowest BCUT2D eigenvalue weighted by Gasteiger charge is -2.04. The van der Waals surface area contributed by atoms with Crippen molar-refractivity contribution < 1.29 is 0 Å². The third-order valence-electron chi connectivity index (χ3n) is 4.52. The second kappa shape index (κ2) is 6.72. The molecule has 0 spiro atoms. The van der Waals surface area contributed by atoms with Crippen LogP contribution in [0, 0.1) is 6.92 Å². The first-order valence-corrected chi connectivity index (χ1v) is 9.81. The summed E-state index contributed by atoms with van der Waals surface area (Å²) in [4.78, 5) is 5.66. The molecule has 0 aliphatic carbocycles. The molecule has 7 nitrogen and oxygen atoms in total. The van der Waals surface area contributed by atoms with Gasteiger partial charge in [0.15, 0.2) is 5.65 Å². The Bertz CT molecular complexity index is 1300. The summed E-state index contributed by atoms with van der Waals surface area (Å²) in [5, 5.41) is 19.1. The Balaban J connectivity index is 1.52. The van der Waals surface area contributed by atoms with Crippen LogP contribution in [-0.4, -0.2) is 34.6 Å². The normalized spacial score (nSPS) is 11.5. The molecule has 0 saturated heterocycles. The summed E-state index contributed by atoms with van der Waals surface area (Å²) < 4.78 is 3.69. The van der Waals surface area contributed by atoms with Crippen molar-refractivity contribution >= 4 is 28.3 Å². The first-order chi connectivity index (χ1) is 13.7. The van der Waals surface area contributed by atoms with Crippen molar-refractivity contribution in [2.45, 2.75) is 30.4 Å². The molecule has 5 aromatic rings. The van der Waals surface area contributed by atoms with Crippen molar-refractivity contribution in [3.8, 4) is 11.1 Å². The van der Waals surface area contributed by atoms with Crippen LogP contribution in [0.15, 0.2) is 65.0 Å². The van der Waals surface area contributed by atoms with Gasteiger partial charge in [0.25, 0.3) is 0 Å². The van der Waals surface area contributed by atoms with Gasteiger partial charge in [-0.3, -0.25) is 9.67 Å². The Morgan fingerprint density at radius 3 is 2.79 bits per heavy atom. The molecule has 0 radical (unpaired) electrons. The van der Waals surface area contributed by atoms with Crippen LogP contribution in [0.2, 0.25) is 0 Å². The van der Waals surface area contributed by atoms with Crippen molar-refractivity contribution in [2.75, 3.05) is 0 Å². The number of hydrogen-bond acceptors (Lipinski definition) is 6. The molecule has 4 heterocycles. The first-order valence-electron chi connectivity index (χ1n) is 8.99. The summed E-state index contributed by atoms with van der Waals surface area (Å²) in [6.07, 6.45) is 5.81. The molecule has 0 unspecified atom stereocenters. The van der Waals surface area contributed by atoms with E-state index in [2.05, 4.69) is 44.4 Å². The van der Waals surface area contributed by atoms with Gasteiger partial charge < -0.3 is 0 Å². The van der Waals surface area contributed by atoms with Crippen molar-refractivity contribution in [3.05, 3.63) is 60.7 Å². The molecule has 0 amide bonds. The molecular weight excluding hydrogens is 370 g/mol. The van der Waals surface area contributed by atoms with Gasteiger partial charge in [-0.1, -0.05) is 0 Å². The number of pyridine rings is 1. The molecule has 0 saturated carbocycles. The Morgan fingerprint density at radius 2 is 1.93 bits per heavy atom. The average Bonchev–Trinajstić information content (AvgIpc) is 3.35. The number of hydrogen-bond donors (Lipinski definition) is 0. The van der Waals surface area contributed by atoms with E-state index < -0.39 is 0 Å². The standard InChI is InChI=1S/C20H17N7S/c1-3-26-12-16(11-22-26)15-8-14-9-17(5-6-18(14)21-10-15)28-20-24-23-19-7-4-13(2)25-27(19)20/h4-12H,3H2,1-2H3. The highest BCUT2D eigenvalue weighted by molar-refractivity contribution is 7.99. The van der Waals surface area contributed by atoms with Crippen molar-refractivity contribution in [1.29, 1.82) is 0 Å². The second-order valence-electron chi connectivity index (χ2n) is 6.49. The monoisotopic (exact) mass is 387 g/mol. The molecule has 0 fully saturated rings. The van der Waals surface area contributed by atoms with E-state index in [4.69, 9.17) is 0 Å². The van der Waals surface area contributed by atoms with Crippen LogP contribution in [0.4, 0.5) is 0 Å². The zero-order chi connectivity index (χ0) is 19.1. The number of aromatic nitrogens is 7. The van der Waals surface area contributed by atoms with Gasteiger partial charge in [0, 0.05) is 40.3 Å². The summed E-state index contributed by atoms with van der Waals surface area (Å²) in [5.74, 6) is 0. The van der Waals surface area contributed by atoms with E-state index in [-0.39, 0.29) is 0 Å². The van der Waals surface area contributed by atoms with Crippen LogP contribution in [0.5, 0.6) is 0 Å². The fourth-order valence-electron chi connectivity index (χ4n) is 3.05. The summed E-state index contributed by atoms with van der Waals surface area (Å²) >= 11 is 1.54. The zero-order valence-corrected chi connectivity index (χ0v) is 16.3. The van der Waals surface area contributed by atoms with Gasteiger partial charge in [0.05, 0.1) is 17.4 Å². The quantitative estimate of drug-likeness (QED) is 0.464. The minimum Gasteiger partial charge on any atom is -0.272 e. The average molecular weight is 387 g/mol. The van der Waals surface area contributed by atoms with Gasteiger partial charge in [-0.25, -0.2) is 0 Å². The maximum absolute atomic E-state index is 4.60. The van der Waals surface area contributed by atoms with E-state index >= 15 is 0 Å². The minimum absolute atomic E-state index is 0.741. The Labute approximate surface area is 165 Å². The number of benzene rings is 1. The van der Waals surface area contributed by atoms with E-state index in [1.165, 1.54) is 11.8 Å². The Kier molecular flexibility index (Phi) is 4.05. The van der Waals surface area contributed by atoms with Crippen LogP contribution < -0.4 is 0 Å². The highest BCUT2D eigenvalue weighted by atomic mass is 32.2. The fraction of sp³-hybridized carbons (Fsp3) is 0.150. The summed E-state index contributed by atoms with van der Waals surface area (Å²) in [7, 11) is 0.